The first kappa shape index (κ1) is 15.4. The first-order valence-electron chi connectivity index (χ1n) is 7.57. The van der Waals surface area contributed by atoms with Gasteiger partial charge < -0.3 is 5.32 Å². The molecule has 1 aromatic rings. The summed E-state index contributed by atoms with van der Waals surface area (Å²) in [6, 6.07) is 2.66. The summed E-state index contributed by atoms with van der Waals surface area (Å²) in [6.45, 7) is 6.20. The number of rotatable bonds is 3. The van der Waals surface area contributed by atoms with Crippen LogP contribution >= 0.6 is 0 Å². The Hall–Kier alpha value is -0.960. The third-order valence-corrected chi connectivity index (χ3v) is 5.05. The lowest BCUT2D eigenvalue weighted by molar-refractivity contribution is 0.171. The van der Waals surface area contributed by atoms with E-state index in [1.807, 2.05) is 0 Å². The van der Waals surface area contributed by atoms with Crippen LogP contribution in [0.5, 0.6) is 0 Å². The molecule has 2 rings (SSSR count). The van der Waals surface area contributed by atoms with Crippen molar-refractivity contribution in [3.8, 4) is 0 Å². The molecule has 4 atom stereocenters. The number of hydrogen-bond acceptors (Lipinski definition) is 1. The second-order valence-corrected chi connectivity index (χ2v) is 6.39. The Balaban J connectivity index is 2.31. The van der Waals surface area contributed by atoms with Crippen LogP contribution in [0, 0.1) is 36.3 Å². The Morgan fingerprint density at radius 1 is 1.15 bits per heavy atom. The van der Waals surface area contributed by atoms with Crippen molar-refractivity contribution >= 4 is 0 Å². The van der Waals surface area contributed by atoms with Crippen molar-refractivity contribution < 1.29 is 8.78 Å². The Morgan fingerprint density at radius 3 is 2.45 bits per heavy atom. The second-order valence-electron chi connectivity index (χ2n) is 6.39. The molecular formula is C17H25F2N. The van der Waals surface area contributed by atoms with Crippen LogP contribution in [0.1, 0.15) is 50.3 Å². The van der Waals surface area contributed by atoms with E-state index >= 15 is 0 Å². The van der Waals surface area contributed by atoms with Crippen molar-refractivity contribution in [2.45, 2.75) is 46.1 Å². The van der Waals surface area contributed by atoms with Gasteiger partial charge in [0.15, 0.2) is 0 Å². The molecule has 20 heavy (non-hydrogen) atoms. The van der Waals surface area contributed by atoms with E-state index in [1.165, 1.54) is 12.1 Å². The van der Waals surface area contributed by atoms with Crippen LogP contribution in [-0.2, 0) is 0 Å². The van der Waals surface area contributed by atoms with Crippen LogP contribution in [0.3, 0.4) is 0 Å². The molecule has 1 aliphatic carbocycles. The van der Waals surface area contributed by atoms with Crippen molar-refractivity contribution in [3.05, 3.63) is 34.9 Å². The zero-order chi connectivity index (χ0) is 14.9. The predicted octanol–water partition coefficient (Wildman–Crippen LogP) is 4.61. The van der Waals surface area contributed by atoms with Gasteiger partial charge in [0.25, 0.3) is 0 Å². The summed E-state index contributed by atoms with van der Waals surface area (Å²) in [4.78, 5) is 0. The topological polar surface area (TPSA) is 12.0 Å². The summed E-state index contributed by atoms with van der Waals surface area (Å²) in [5, 5.41) is 3.15. The van der Waals surface area contributed by atoms with Gasteiger partial charge in [-0.1, -0.05) is 26.3 Å². The standard InChI is InChI=1S/C17H25F2N/c1-10-5-7-13(9-12(10)3)17(20-4)15-14(18)8-6-11(2)16(15)19/h6,8,10,12-13,17,20H,5,7,9H2,1-4H3. The van der Waals surface area contributed by atoms with Gasteiger partial charge in [-0.2, -0.15) is 0 Å². The van der Waals surface area contributed by atoms with E-state index in [-0.39, 0.29) is 11.6 Å². The van der Waals surface area contributed by atoms with Crippen molar-refractivity contribution in [3.63, 3.8) is 0 Å². The van der Waals surface area contributed by atoms with Gasteiger partial charge in [-0.25, -0.2) is 8.78 Å². The van der Waals surface area contributed by atoms with E-state index in [2.05, 4.69) is 19.2 Å². The summed E-state index contributed by atoms with van der Waals surface area (Å²) >= 11 is 0. The zero-order valence-corrected chi connectivity index (χ0v) is 12.8. The minimum absolute atomic E-state index is 0.222. The highest BCUT2D eigenvalue weighted by Gasteiger charge is 2.33. The molecule has 1 N–H and O–H groups in total. The molecule has 1 fully saturated rings. The lowest BCUT2D eigenvalue weighted by atomic mass is 9.72. The van der Waals surface area contributed by atoms with E-state index in [1.54, 1.807) is 14.0 Å². The Bertz CT molecular complexity index is 472. The SMILES string of the molecule is CNC(c1c(F)ccc(C)c1F)C1CCC(C)C(C)C1. The van der Waals surface area contributed by atoms with Crippen molar-refractivity contribution in [1.82, 2.24) is 5.32 Å². The summed E-state index contributed by atoms with van der Waals surface area (Å²) in [6.07, 6.45) is 3.20. The normalized spacial score (nSPS) is 28.4. The maximum atomic E-state index is 14.3. The van der Waals surface area contributed by atoms with Crippen LogP contribution in [0.15, 0.2) is 12.1 Å². The van der Waals surface area contributed by atoms with Gasteiger partial charge in [0, 0.05) is 11.6 Å². The van der Waals surface area contributed by atoms with Gasteiger partial charge in [0.05, 0.1) is 0 Å². The lowest BCUT2D eigenvalue weighted by Gasteiger charge is -2.37. The fraction of sp³-hybridized carbons (Fsp3) is 0.647. The molecule has 1 aromatic carbocycles. The fourth-order valence-corrected chi connectivity index (χ4v) is 3.47. The molecule has 0 aromatic heterocycles. The Labute approximate surface area is 120 Å². The minimum Gasteiger partial charge on any atom is -0.313 e. The van der Waals surface area contributed by atoms with Crippen LogP contribution in [0.25, 0.3) is 0 Å². The van der Waals surface area contributed by atoms with E-state index in [4.69, 9.17) is 0 Å². The molecule has 0 amide bonds. The van der Waals surface area contributed by atoms with Crippen LogP contribution in [-0.4, -0.2) is 7.05 Å². The maximum absolute atomic E-state index is 14.3. The molecule has 1 saturated carbocycles. The van der Waals surface area contributed by atoms with Gasteiger partial charge in [-0.05, 0) is 56.2 Å². The smallest absolute Gasteiger partial charge is 0.133 e. The summed E-state index contributed by atoms with van der Waals surface area (Å²) in [5.41, 5.74) is 0.734. The molecule has 3 heteroatoms. The van der Waals surface area contributed by atoms with Crippen LogP contribution in [0.4, 0.5) is 8.78 Å². The van der Waals surface area contributed by atoms with Gasteiger partial charge in [-0.15, -0.1) is 0 Å². The van der Waals surface area contributed by atoms with Crippen molar-refractivity contribution in [2.75, 3.05) is 7.05 Å². The van der Waals surface area contributed by atoms with E-state index in [9.17, 15) is 8.78 Å². The molecule has 4 unspecified atom stereocenters. The zero-order valence-electron chi connectivity index (χ0n) is 12.8. The summed E-state index contributed by atoms with van der Waals surface area (Å²) in [7, 11) is 1.80. The fourth-order valence-electron chi connectivity index (χ4n) is 3.47. The Kier molecular flexibility index (Phi) is 4.79. The van der Waals surface area contributed by atoms with Crippen LogP contribution < -0.4 is 5.32 Å². The Morgan fingerprint density at radius 2 is 1.85 bits per heavy atom. The third-order valence-electron chi connectivity index (χ3n) is 5.05. The van der Waals surface area contributed by atoms with Gasteiger partial charge in [-0.3, -0.25) is 0 Å². The molecule has 112 valence electrons. The molecule has 0 aliphatic heterocycles. The largest absolute Gasteiger partial charge is 0.313 e. The van der Waals surface area contributed by atoms with Crippen molar-refractivity contribution in [1.29, 1.82) is 0 Å². The number of halogens is 2. The molecule has 1 nitrogen and oxygen atoms in total. The average molecular weight is 281 g/mol. The summed E-state index contributed by atoms with van der Waals surface area (Å²) in [5.74, 6) is 0.794. The minimum atomic E-state index is -0.432. The van der Waals surface area contributed by atoms with Gasteiger partial charge in [0.2, 0.25) is 0 Å². The highest BCUT2D eigenvalue weighted by molar-refractivity contribution is 5.29. The molecular weight excluding hydrogens is 256 g/mol. The highest BCUT2D eigenvalue weighted by atomic mass is 19.1. The van der Waals surface area contributed by atoms with Crippen molar-refractivity contribution in [2.24, 2.45) is 17.8 Å². The van der Waals surface area contributed by atoms with E-state index in [0.29, 0.717) is 23.3 Å². The molecule has 0 heterocycles. The molecule has 0 bridgehead atoms. The monoisotopic (exact) mass is 281 g/mol. The first-order chi connectivity index (χ1) is 9.45. The molecule has 0 radical (unpaired) electrons. The maximum Gasteiger partial charge on any atom is 0.133 e. The third kappa shape index (κ3) is 2.88. The number of aryl methyl sites for hydroxylation is 1. The molecule has 1 aliphatic rings. The van der Waals surface area contributed by atoms with E-state index in [0.717, 1.165) is 19.3 Å². The highest BCUT2D eigenvalue weighted by Crippen LogP contribution is 2.41. The number of nitrogens with one attached hydrogen (secondary N) is 1. The molecule has 0 spiro atoms. The number of hydrogen-bond donors (Lipinski definition) is 1. The second kappa shape index (κ2) is 6.21. The van der Waals surface area contributed by atoms with E-state index < -0.39 is 11.6 Å². The van der Waals surface area contributed by atoms with Crippen LogP contribution in [0.2, 0.25) is 0 Å². The van der Waals surface area contributed by atoms with Gasteiger partial charge in [0.1, 0.15) is 11.6 Å². The lowest BCUT2D eigenvalue weighted by Crippen LogP contribution is -2.32. The quantitative estimate of drug-likeness (QED) is 0.853. The average Bonchev–Trinajstić information content (AvgIpc) is 2.42. The first-order valence-corrected chi connectivity index (χ1v) is 7.57. The number of benzene rings is 1. The summed E-state index contributed by atoms with van der Waals surface area (Å²) < 4.78 is 28.5. The predicted molar refractivity (Wildman–Crippen MR) is 78.6 cm³/mol. The van der Waals surface area contributed by atoms with Gasteiger partial charge >= 0.3 is 0 Å². The molecule has 0 saturated heterocycles.